The van der Waals surface area contributed by atoms with E-state index < -0.39 is 0 Å². The minimum absolute atomic E-state index is 0.442. The lowest BCUT2D eigenvalue weighted by Crippen LogP contribution is -1.98. The molecule has 1 nitrogen and oxygen atoms in total. The average molecular weight is 187 g/mol. The van der Waals surface area contributed by atoms with Gasteiger partial charge in [0.1, 0.15) is 0 Å². The Morgan fingerprint density at radius 1 is 1.36 bits per heavy atom. The van der Waals surface area contributed by atoms with Crippen molar-refractivity contribution in [1.29, 1.82) is 0 Å². The molecule has 0 N–H and O–H groups in total. The maximum atomic E-state index is 4.32. The molecular weight excluding hydrogens is 170 g/mol. The molecule has 1 heterocycles. The first-order valence-electron chi connectivity index (χ1n) is 4.84. The van der Waals surface area contributed by atoms with Gasteiger partial charge in [0.15, 0.2) is 0 Å². The maximum Gasteiger partial charge on any atom is 0.0727 e. The second-order valence-electron chi connectivity index (χ2n) is 3.86. The zero-order chi connectivity index (χ0) is 10.7. The number of hydrogen-bond acceptors (Lipinski definition) is 1. The highest BCUT2D eigenvalue weighted by Gasteiger charge is 2.09. The van der Waals surface area contributed by atoms with Crippen LogP contribution in [0.1, 0.15) is 32.0 Å². The van der Waals surface area contributed by atoms with E-state index in [0.29, 0.717) is 5.92 Å². The van der Waals surface area contributed by atoms with Crippen LogP contribution in [0.5, 0.6) is 0 Å². The fourth-order valence-electron chi connectivity index (χ4n) is 1.32. The van der Waals surface area contributed by atoms with Crippen molar-refractivity contribution in [2.24, 2.45) is 5.92 Å². The van der Waals surface area contributed by atoms with Crippen LogP contribution in [0, 0.1) is 5.92 Å². The number of rotatable bonds is 3. The number of aromatic nitrogens is 1. The van der Waals surface area contributed by atoms with Crippen molar-refractivity contribution in [3.63, 3.8) is 0 Å². The summed E-state index contributed by atoms with van der Waals surface area (Å²) in [4.78, 5) is 4.32. The predicted molar refractivity (Wildman–Crippen MR) is 62.8 cm³/mol. The first-order valence-corrected chi connectivity index (χ1v) is 4.84. The van der Waals surface area contributed by atoms with Crippen LogP contribution in [-0.4, -0.2) is 4.98 Å². The van der Waals surface area contributed by atoms with E-state index in [1.165, 1.54) is 0 Å². The van der Waals surface area contributed by atoms with Crippen LogP contribution in [0.4, 0.5) is 0 Å². The number of allylic oxidation sites excluding steroid dienone is 2. The van der Waals surface area contributed by atoms with Gasteiger partial charge in [0, 0.05) is 11.8 Å². The third kappa shape index (κ3) is 2.11. The highest BCUT2D eigenvalue weighted by Crippen LogP contribution is 2.26. The number of hydrogen-bond donors (Lipinski definition) is 0. The van der Waals surface area contributed by atoms with Gasteiger partial charge in [-0.1, -0.05) is 33.1 Å². The van der Waals surface area contributed by atoms with Crippen LogP contribution < -0.4 is 0 Å². The molecule has 0 aliphatic heterocycles. The topological polar surface area (TPSA) is 12.9 Å². The Morgan fingerprint density at radius 2 is 2.00 bits per heavy atom. The second kappa shape index (κ2) is 4.23. The summed E-state index contributed by atoms with van der Waals surface area (Å²) >= 11 is 0. The second-order valence-corrected chi connectivity index (χ2v) is 3.86. The number of pyridine rings is 1. The van der Waals surface area contributed by atoms with Crippen LogP contribution in [0.2, 0.25) is 0 Å². The van der Waals surface area contributed by atoms with Crippen molar-refractivity contribution in [3.8, 4) is 0 Å². The Morgan fingerprint density at radius 3 is 2.50 bits per heavy atom. The molecule has 0 aliphatic carbocycles. The average Bonchev–Trinajstić information content (AvgIpc) is 2.16. The molecule has 1 aromatic rings. The van der Waals surface area contributed by atoms with Crippen LogP contribution >= 0.6 is 0 Å². The Balaban J connectivity index is 3.20. The van der Waals surface area contributed by atoms with E-state index >= 15 is 0 Å². The smallest absolute Gasteiger partial charge is 0.0727 e. The van der Waals surface area contributed by atoms with Gasteiger partial charge < -0.3 is 0 Å². The Kier molecular flexibility index (Phi) is 3.23. The fraction of sp³-hybridized carbons (Fsp3) is 0.308. The van der Waals surface area contributed by atoms with Gasteiger partial charge >= 0.3 is 0 Å². The van der Waals surface area contributed by atoms with Gasteiger partial charge in [0.2, 0.25) is 0 Å². The van der Waals surface area contributed by atoms with E-state index in [1.807, 2.05) is 13.0 Å². The van der Waals surface area contributed by atoms with Gasteiger partial charge in [-0.2, -0.15) is 0 Å². The minimum atomic E-state index is 0.442. The first kappa shape index (κ1) is 10.7. The van der Waals surface area contributed by atoms with Crippen molar-refractivity contribution in [2.75, 3.05) is 0 Å². The lowest BCUT2D eigenvalue weighted by molar-refractivity contribution is 0.856. The predicted octanol–water partition coefficient (Wildman–Crippen LogP) is 3.78. The summed E-state index contributed by atoms with van der Waals surface area (Å²) in [6.45, 7) is 14.3. The van der Waals surface area contributed by atoms with E-state index in [9.17, 15) is 0 Å². The molecule has 0 saturated carbocycles. The lowest BCUT2D eigenvalue weighted by Gasteiger charge is -2.13. The zero-order valence-corrected chi connectivity index (χ0v) is 9.17. The zero-order valence-electron chi connectivity index (χ0n) is 9.17. The molecule has 1 heteroatoms. The van der Waals surface area contributed by atoms with Crippen molar-refractivity contribution < 1.29 is 0 Å². The fourth-order valence-corrected chi connectivity index (χ4v) is 1.32. The van der Waals surface area contributed by atoms with E-state index in [4.69, 9.17) is 0 Å². The van der Waals surface area contributed by atoms with Crippen LogP contribution in [0.15, 0.2) is 31.5 Å². The van der Waals surface area contributed by atoms with Gasteiger partial charge in [-0.3, -0.25) is 4.98 Å². The van der Waals surface area contributed by atoms with E-state index in [2.05, 4.69) is 38.1 Å². The highest BCUT2D eigenvalue weighted by molar-refractivity contribution is 5.75. The minimum Gasteiger partial charge on any atom is -0.256 e. The molecule has 0 bridgehead atoms. The third-order valence-electron chi connectivity index (χ3n) is 2.25. The molecule has 0 saturated heterocycles. The Hall–Kier alpha value is -1.37. The van der Waals surface area contributed by atoms with Gasteiger partial charge in [0.05, 0.1) is 5.69 Å². The summed E-state index contributed by atoms with van der Waals surface area (Å²) in [6.07, 6.45) is 1.79. The van der Waals surface area contributed by atoms with Crippen LogP contribution in [0.25, 0.3) is 11.1 Å². The van der Waals surface area contributed by atoms with E-state index in [0.717, 1.165) is 22.4 Å². The first-order chi connectivity index (χ1) is 6.54. The van der Waals surface area contributed by atoms with Gasteiger partial charge in [0.25, 0.3) is 0 Å². The standard InChI is InChI=1S/C13H17N/c1-9(2)11(5)12-7-6-8-14-13(12)10(3)4/h6-9H,3,5H2,1-2,4H3. The molecule has 0 fully saturated rings. The summed E-state index contributed by atoms with van der Waals surface area (Å²) in [5.41, 5.74) is 4.19. The van der Waals surface area contributed by atoms with Crippen LogP contribution in [0.3, 0.4) is 0 Å². The van der Waals surface area contributed by atoms with Gasteiger partial charge in [-0.05, 0) is 30.1 Å². The molecule has 0 spiro atoms. The molecule has 14 heavy (non-hydrogen) atoms. The summed E-state index contributed by atoms with van der Waals surface area (Å²) in [7, 11) is 0. The van der Waals surface area contributed by atoms with Crippen molar-refractivity contribution >= 4 is 11.1 Å². The normalized spacial score (nSPS) is 10.3. The third-order valence-corrected chi connectivity index (χ3v) is 2.25. The summed E-state index contributed by atoms with van der Waals surface area (Å²) in [5, 5.41) is 0. The van der Waals surface area contributed by atoms with Crippen molar-refractivity contribution in [3.05, 3.63) is 42.7 Å². The summed E-state index contributed by atoms with van der Waals surface area (Å²) < 4.78 is 0. The Labute approximate surface area is 86.2 Å². The molecule has 1 rings (SSSR count). The molecule has 0 aromatic carbocycles. The Bertz CT molecular complexity index is 361. The van der Waals surface area contributed by atoms with Crippen molar-refractivity contribution in [2.45, 2.75) is 20.8 Å². The van der Waals surface area contributed by atoms with Gasteiger partial charge in [-0.25, -0.2) is 0 Å². The molecule has 0 aliphatic rings. The van der Waals surface area contributed by atoms with E-state index in [1.54, 1.807) is 6.20 Å². The monoisotopic (exact) mass is 187 g/mol. The molecular formula is C13H17N. The van der Waals surface area contributed by atoms with Gasteiger partial charge in [-0.15, -0.1) is 0 Å². The lowest BCUT2D eigenvalue weighted by atomic mass is 9.94. The van der Waals surface area contributed by atoms with Crippen molar-refractivity contribution in [1.82, 2.24) is 4.98 Å². The summed E-state index contributed by atoms with van der Waals surface area (Å²) in [5.74, 6) is 0.442. The molecule has 0 atom stereocenters. The highest BCUT2D eigenvalue weighted by atomic mass is 14.7. The molecule has 74 valence electrons. The van der Waals surface area contributed by atoms with E-state index in [-0.39, 0.29) is 0 Å². The number of nitrogens with zero attached hydrogens (tertiary/aromatic N) is 1. The maximum absolute atomic E-state index is 4.32. The van der Waals surface area contributed by atoms with Crippen LogP contribution in [-0.2, 0) is 0 Å². The molecule has 0 radical (unpaired) electrons. The quantitative estimate of drug-likeness (QED) is 0.701. The molecule has 1 aromatic heterocycles. The molecule has 0 unspecified atom stereocenters. The molecule has 0 amide bonds. The largest absolute Gasteiger partial charge is 0.256 e. The SMILES string of the molecule is C=C(C)c1ncccc1C(=C)C(C)C. The summed E-state index contributed by atoms with van der Waals surface area (Å²) in [6, 6.07) is 3.99.